The summed E-state index contributed by atoms with van der Waals surface area (Å²) in [5, 5.41) is 2.85. The Hall–Kier alpha value is -1.07. The summed E-state index contributed by atoms with van der Waals surface area (Å²) in [5.41, 5.74) is 1.09. The lowest BCUT2D eigenvalue weighted by molar-refractivity contribution is -0.908. The summed E-state index contributed by atoms with van der Waals surface area (Å²) in [5.74, 6) is 0.930. The largest absolute Gasteiger partial charge is 0.496 e. The van der Waals surface area contributed by atoms with Crippen molar-refractivity contribution in [1.82, 2.24) is 5.32 Å². The molecule has 1 aromatic carbocycles. The van der Waals surface area contributed by atoms with E-state index in [2.05, 4.69) is 21.2 Å². The number of quaternary nitrogens is 1. The molecule has 1 unspecified atom stereocenters. The number of hydrogen-bond donors (Lipinski definition) is 2. The number of carbonyl (C=O) groups is 1. The molecule has 1 rings (SSSR count). The van der Waals surface area contributed by atoms with Crippen LogP contribution in [-0.4, -0.2) is 32.7 Å². The van der Waals surface area contributed by atoms with E-state index >= 15 is 0 Å². The van der Waals surface area contributed by atoms with Crippen LogP contribution >= 0.6 is 15.9 Å². The van der Waals surface area contributed by atoms with E-state index in [0.717, 1.165) is 27.2 Å². The molecule has 4 nitrogen and oxygen atoms in total. The highest BCUT2D eigenvalue weighted by molar-refractivity contribution is 9.10. The summed E-state index contributed by atoms with van der Waals surface area (Å²) in [6.07, 6.45) is 0. The highest BCUT2D eigenvalue weighted by atomic mass is 79.9. The van der Waals surface area contributed by atoms with Crippen molar-refractivity contribution < 1.29 is 14.4 Å². The van der Waals surface area contributed by atoms with Gasteiger partial charge >= 0.3 is 0 Å². The molecule has 106 valence electrons. The first kappa shape index (κ1) is 16.0. The van der Waals surface area contributed by atoms with Gasteiger partial charge in [-0.3, -0.25) is 4.79 Å². The summed E-state index contributed by atoms with van der Waals surface area (Å²) < 4.78 is 6.37. The van der Waals surface area contributed by atoms with Crippen molar-refractivity contribution in [3.05, 3.63) is 28.2 Å². The van der Waals surface area contributed by atoms with Crippen LogP contribution in [0.25, 0.3) is 0 Å². The second-order valence-corrected chi connectivity index (χ2v) is 5.51. The van der Waals surface area contributed by atoms with Crippen molar-refractivity contribution in [1.29, 1.82) is 0 Å². The van der Waals surface area contributed by atoms with E-state index in [1.165, 1.54) is 0 Å². The van der Waals surface area contributed by atoms with Crippen molar-refractivity contribution in [2.24, 2.45) is 0 Å². The Morgan fingerprint density at radius 1 is 1.53 bits per heavy atom. The SMILES string of the molecule is CCNC(=O)[C@@H](C)[NH+](C)Cc1cc(Br)ccc1OC. The zero-order valence-corrected chi connectivity index (χ0v) is 13.5. The van der Waals surface area contributed by atoms with Gasteiger partial charge in [0, 0.05) is 16.6 Å². The Bertz CT molecular complexity index is 437. The van der Waals surface area contributed by atoms with Gasteiger partial charge in [-0.1, -0.05) is 15.9 Å². The minimum Gasteiger partial charge on any atom is -0.496 e. The fourth-order valence-electron chi connectivity index (χ4n) is 1.89. The van der Waals surface area contributed by atoms with Crippen LogP contribution in [0.1, 0.15) is 19.4 Å². The molecule has 2 N–H and O–H groups in total. The molecule has 0 aliphatic heterocycles. The molecule has 1 amide bonds. The molecule has 0 aliphatic rings. The van der Waals surface area contributed by atoms with E-state index in [0.29, 0.717) is 6.54 Å². The van der Waals surface area contributed by atoms with Gasteiger partial charge in [-0.15, -0.1) is 0 Å². The van der Waals surface area contributed by atoms with Gasteiger partial charge in [-0.2, -0.15) is 0 Å². The summed E-state index contributed by atoms with van der Waals surface area (Å²) in [7, 11) is 3.68. The van der Waals surface area contributed by atoms with Gasteiger partial charge in [0.25, 0.3) is 5.91 Å². The maximum absolute atomic E-state index is 11.8. The second-order valence-electron chi connectivity index (χ2n) is 4.60. The maximum atomic E-state index is 11.8. The van der Waals surface area contributed by atoms with E-state index in [1.54, 1.807) is 7.11 Å². The molecule has 0 fully saturated rings. The van der Waals surface area contributed by atoms with Gasteiger partial charge in [-0.25, -0.2) is 0 Å². The Labute approximate surface area is 123 Å². The zero-order valence-electron chi connectivity index (χ0n) is 11.9. The highest BCUT2D eigenvalue weighted by Crippen LogP contribution is 2.22. The normalized spacial score (nSPS) is 13.7. The van der Waals surface area contributed by atoms with E-state index in [4.69, 9.17) is 4.74 Å². The van der Waals surface area contributed by atoms with Crippen LogP contribution < -0.4 is 15.0 Å². The summed E-state index contributed by atoms with van der Waals surface area (Å²) >= 11 is 3.46. The van der Waals surface area contributed by atoms with Gasteiger partial charge in [-0.05, 0) is 32.0 Å². The first-order chi connectivity index (χ1) is 8.99. The second kappa shape index (κ2) is 7.50. The van der Waals surface area contributed by atoms with E-state index in [9.17, 15) is 4.79 Å². The molecule has 0 spiro atoms. The number of halogens is 1. The average Bonchev–Trinajstić information content (AvgIpc) is 2.38. The lowest BCUT2D eigenvalue weighted by atomic mass is 10.1. The van der Waals surface area contributed by atoms with Crippen molar-refractivity contribution >= 4 is 21.8 Å². The first-order valence-corrected chi connectivity index (χ1v) is 7.21. The standard InChI is InChI=1S/C14H21BrN2O2/c1-5-16-14(18)10(2)17(3)9-11-8-12(15)6-7-13(11)19-4/h6-8,10H,5,9H2,1-4H3,(H,16,18)/p+1/t10-/m1/s1. The molecule has 0 saturated carbocycles. The Morgan fingerprint density at radius 2 is 2.21 bits per heavy atom. The van der Waals surface area contributed by atoms with E-state index in [-0.39, 0.29) is 11.9 Å². The summed E-state index contributed by atoms with van der Waals surface area (Å²) in [4.78, 5) is 13.0. The molecular weight excluding hydrogens is 308 g/mol. The zero-order chi connectivity index (χ0) is 14.4. The Morgan fingerprint density at radius 3 is 2.79 bits per heavy atom. The average molecular weight is 330 g/mol. The molecule has 0 aromatic heterocycles. The van der Waals surface area contributed by atoms with Crippen molar-refractivity contribution in [3.63, 3.8) is 0 Å². The van der Waals surface area contributed by atoms with Crippen molar-refractivity contribution in [2.75, 3.05) is 20.7 Å². The Kier molecular flexibility index (Phi) is 6.31. The van der Waals surface area contributed by atoms with Crippen LogP contribution in [0.15, 0.2) is 22.7 Å². The van der Waals surface area contributed by atoms with Crippen LogP contribution in [0, 0.1) is 0 Å². The molecule has 0 saturated heterocycles. The quantitative estimate of drug-likeness (QED) is 0.817. The summed E-state index contributed by atoms with van der Waals surface area (Å²) in [6, 6.07) is 5.82. The fourth-order valence-corrected chi connectivity index (χ4v) is 2.30. The van der Waals surface area contributed by atoms with Gasteiger partial charge in [0.05, 0.1) is 14.2 Å². The maximum Gasteiger partial charge on any atom is 0.278 e. The molecular formula is C14H22BrN2O2+. The van der Waals surface area contributed by atoms with Crippen molar-refractivity contribution in [3.8, 4) is 5.75 Å². The predicted octanol–water partition coefficient (Wildman–Crippen LogP) is 0.997. The lowest BCUT2D eigenvalue weighted by Gasteiger charge is -2.21. The highest BCUT2D eigenvalue weighted by Gasteiger charge is 2.22. The lowest BCUT2D eigenvalue weighted by Crippen LogP contribution is -3.12. The topological polar surface area (TPSA) is 42.8 Å². The number of rotatable bonds is 6. The van der Waals surface area contributed by atoms with Gasteiger partial charge in [0.1, 0.15) is 12.3 Å². The third-order valence-electron chi connectivity index (χ3n) is 3.20. The molecule has 19 heavy (non-hydrogen) atoms. The minimum absolute atomic E-state index is 0.0777. The van der Waals surface area contributed by atoms with Crippen molar-refractivity contribution in [2.45, 2.75) is 26.4 Å². The minimum atomic E-state index is -0.0939. The third kappa shape index (κ3) is 4.51. The Balaban J connectivity index is 2.78. The van der Waals surface area contributed by atoms with Gasteiger partial charge in [0.15, 0.2) is 6.04 Å². The van der Waals surface area contributed by atoms with Crippen LogP contribution in [0.3, 0.4) is 0 Å². The smallest absolute Gasteiger partial charge is 0.278 e. The molecule has 1 aromatic rings. The molecule has 5 heteroatoms. The number of methoxy groups -OCH3 is 1. The van der Waals surface area contributed by atoms with E-state index < -0.39 is 0 Å². The van der Waals surface area contributed by atoms with E-state index in [1.807, 2.05) is 39.1 Å². The van der Waals surface area contributed by atoms with Crippen LogP contribution in [0.2, 0.25) is 0 Å². The van der Waals surface area contributed by atoms with Crippen LogP contribution in [0.4, 0.5) is 0 Å². The predicted molar refractivity (Wildman–Crippen MR) is 79.4 cm³/mol. The van der Waals surface area contributed by atoms with Gasteiger partial charge < -0.3 is 15.0 Å². The van der Waals surface area contributed by atoms with Crippen LogP contribution in [-0.2, 0) is 11.3 Å². The number of nitrogens with one attached hydrogen (secondary N) is 2. The number of ether oxygens (including phenoxy) is 1. The molecule has 0 radical (unpaired) electrons. The molecule has 2 atom stereocenters. The molecule has 0 heterocycles. The number of benzene rings is 1. The van der Waals surface area contributed by atoms with Crippen LogP contribution in [0.5, 0.6) is 5.75 Å². The number of likely N-dealkylation sites (N-methyl/N-ethyl adjacent to an activating group) is 2. The van der Waals surface area contributed by atoms with Gasteiger partial charge in [0.2, 0.25) is 0 Å². The monoisotopic (exact) mass is 329 g/mol. The first-order valence-electron chi connectivity index (χ1n) is 6.42. The molecule has 0 aliphatic carbocycles. The summed E-state index contributed by atoms with van der Waals surface area (Å²) in [6.45, 7) is 5.26. The third-order valence-corrected chi connectivity index (χ3v) is 3.69. The number of carbonyl (C=O) groups excluding carboxylic acids is 1. The number of hydrogen-bond acceptors (Lipinski definition) is 2. The fraction of sp³-hybridized carbons (Fsp3) is 0.500. The molecule has 0 bridgehead atoms. The number of amides is 1.